The molecule has 2 fully saturated rings. The van der Waals surface area contributed by atoms with E-state index in [9.17, 15) is 9.59 Å². The molecule has 0 saturated carbocycles. The first-order chi connectivity index (χ1) is 19.7. The van der Waals surface area contributed by atoms with Crippen LogP contribution in [0.3, 0.4) is 0 Å². The molecule has 222 valence electrons. The fraction of sp³-hybridized carbons (Fsp3) is 0.600. The number of rotatable bonds is 9. The first-order valence-electron chi connectivity index (χ1n) is 14.8. The van der Waals surface area contributed by atoms with Crippen LogP contribution in [0.4, 0.5) is 23.1 Å². The average molecular weight is 566 g/mol. The summed E-state index contributed by atoms with van der Waals surface area (Å²) in [7, 11) is 3.87. The maximum absolute atomic E-state index is 13.2. The number of ether oxygens (including phenoxy) is 2. The van der Waals surface area contributed by atoms with Gasteiger partial charge in [-0.1, -0.05) is 6.92 Å². The predicted molar refractivity (Wildman–Crippen MR) is 159 cm³/mol. The van der Waals surface area contributed by atoms with Crippen LogP contribution in [0, 0.1) is 0 Å². The van der Waals surface area contributed by atoms with Gasteiger partial charge in [0.05, 0.1) is 18.0 Å². The number of nitrogens with one attached hydrogen (secondary N) is 2. The van der Waals surface area contributed by atoms with Crippen molar-refractivity contribution in [1.82, 2.24) is 20.2 Å². The minimum Gasteiger partial charge on any atom is -0.489 e. The Morgan fingerprint density at radius 3 is 2.66 bits per heavy atom. The molecule has 4 heterocycles. The highest BCUT2D eigenvalue weighted by molar-refractivity contribution is 6.04. The number of hydrogen-bond donors (Lipinski definition) is 2. The Kier molecular flexibility index (Phi) is 8.94. The van der Waals surface area contributed by atoms with Gasteiger partial charge in [-0.05, 0) is 84.3 Å². The molecule has 2 amide bonds. The van der Waals surface area contributed by atoms with Crippen LogP contribution in [-0.4, -0.2) is 91.3 Å². The molecule has 5 rings (SSSR count). The van der Waals surface area contributed by atoms with Crippen LogP contribution in [0.1, 0.15) is 63.2 Å². The van der Waals surface area contributed by atoms with Crippen molar-refractivity contribution >= 4 is 35.0 Å². The molecule has 0 bridgehead atoms. The summed E-state index contributed by atoms with van der Waals surface area (Å²) in [5.41, 5.74) is 1.87. The van der Waals surface area contributed by atoms with Crippen LogP contribution in [0.5, 0.6) is 5.75 Å². The lowest BCUT2D eigenvalue weighted by molar-refractivity contribution is -0.120. The monoisotopic (exact) mass is 565 g/mol. The SMILES string of the molecule is CCC1C(=O)N(C)c2cnc(Nc3ccc(C(=O)NC4CCN(C)CC4)cc3OCC3CCCO3)nc2N1C(C)C. The quantitative estimate of drug-likeness (QED) is 0.471. The summed E-state index contributed by atoms with van der Waals surface area (Å²) in [6.07, 6.45) is 6.22. The largest absolute Gasteiger partial charge is 0.489 e. The maximum Gasteiger partial charge on any atom is 0.251 e. The zero-order chi connectivity index (χ0) is 29.1. The third-order valence-corrected chi connectivity index (χ3v) is 8.24. The zero-order valence-electron chi connectivity index (χ0n) is 24.9. The van der Waals surface area contributed by atoms with Crippen LogP contribution >= 0.6 is 0 Å². The Labute approximate surface area is 242 Å². The average Bonchev–Trinajstić information content (AvgIpc) is 3.49. The van der Waals surface area contributed by atoms with Crippen LogP contribution in [0.2, 0.25) is 0 Å². The molecule has 1 aromatic carbocycles. The lowest BCUT2D eigenvalue weighted by atomic mass is 10.0. The highest BCUT2D eigenvalue weighted by Crippen LogP contribution is 2.37. The summed E-state index contributed by atoms with van der Waals surface area (Å²) in [6, 6.07) is 5.36. The van der Waals surface area contributed by atoms with E-state index in [0.29, 0.717) is 47.5 Å². The number of carbonyl (C=O) groups excluding carboxylic acids is 2. The summed E-state index contributed by atoms with van der Waals surface area (Å²) in [6.45, 7) is 9.22. The molecule has 41 heavy (non-hydrogen) atoms. The molecule has 2 saturated heterocycles. The fourth-order valence-corrected chi connectivity index (χ4v) is 5.82. The second-order valence-electron chi connectivity index (χ2n) is 11.6. The number of amides is 2. The second kappa shape index (κ2) is 12.6. The van der Waals surface area contributed by atoms with Crippen LogP contribution in [0.15, 0.2) is 24.4 Å². The first-order valence-corrected chi connectivity index (χ1v) is 14.8. The summed E-state index contributed by atoms with van der Waals surface area (Å²) in [4.78, 5) is 41.6. The predicted octanol–water partition coefficient (Wildman–Crippen LogP) is 3.57. The number of fused-ring (bicyclic) bond motifs is 1. The Bertz CT molecular complexity index is 1240. The van der Waals surface area contributed by atoms with E-state index in [-0.39, 0.29) is 36.0 Å². The van der Waals surface area contributed by atoms with E-state index in [0.717, 1.165) is 45.4 Å². The number of carbonyl (C=O) groups is 2. The summed E-state index contributed by atoms with van der Waals surface area (Å²) >= 11 is 0. The third kappa shape index (κ3) is 6.41. The number of likely N-dealkylation sites (tertiary alicyclic amines) is 1. The van der Waals surface area contributed by atoms with E-state index in [1.807, 2.05) is 13.0 Å². The van der Waals surface area contributed by atoms with Crippen molar-refractivity contribution in [2.75, 3.05) is 55.5 Å². The fourth-order valence-electron chi connectivity index (χ4n) is 5.82. The maximum atomic E-state index is 13.2. The van der Waals surface area contributed by atoms with Gasteiger partial charge in [-0.25, -0.2) is 4.98 Å². The van der Waals surface area contributed by atoms with Crippen molar-refractivity contribution in [3.8, 4) is 5.75 Å². The summed E-state index contributed by atoms with van der Waals surface area (Å²) in [5, 5.41) is 6.50. The van der Waals surface area contributed by atoms with Crippen molar-refractivity contribution in [3.05, 3.63) is 30.0 Å². The molecule has 2 N–H and O–H groups in total. The highest BCUT2D eigenvalue weighted by atomic mass is 16.5. The Hall–Kier alpha value is -3.44. The molecular weight excluding hydrogens is 522 g/mol. The standard InChI is InChI=1S/C30H43N7O4/c1-6-24-29(39)36(5)25-17-31-30(34-27(25)37(24)19(2)3)33-23-10-9-20(16-26(23)41-18-22-8-7-15-40-22)28(38)32-21-11-13-35(4)14-12-21/h9-10,16-17,19,21-22,24H,6-8,11-15,18H2,1-5H3,(H,32,38)(H,31,33,34). The smallest absolute Gasteiger partial charge is 0.251 e. The summed E-state index contributed by atoms with van der Waals surface area (Å²) in [5.74, 6) is 1.57. The van der Waals surface area contributed by atoms with Gasteiger partial charge in [0.15, 0.2) is 5.82 Å². The highest BCUT2D eigenvalue weighted by Gasteiger charge is 2.38. The van der Waals surface area contributed by atoms with E-state index < -0.39 is 0 Å². The lowest BCUT2D eigenvalue weighted by Gasteiger charge is -2.42. The molecule has 11 heteroatoms. The number of likely N-dealkylation sites (N-methyl/N-ethyl adjacent to an activating group) is 1. The first kappa shape index (κ1) is 29.1. The minimum atomic E-state index is -0.289. The Morgan fingerprint density at radius 1 is 1.20 bits per heavy atom. The number of piperidine rings is 1. The Morgan fingerprint density at radius 2 is 1.98 bits per heavy atom. The van der Waals surface area contributed by atoms with Gasteiger partial charge in [0, 0.05) is 31.3 Å². The van der Waals surface area contributed by atoms with Gasteiger partial charge in [0.1, 0.15) is 24.1 Å². The van der Waals surface area contributed by atoms with Crippen LogP contribution in [0.25, 0.3) is 0 Å². The third-order valence-electron chi connectivity index (χ3n) is 8.24. The van der Waals surface area contributed by atoms with Gasteiger partial charge in [-0.15, -0.1) is 0 Å². The van der Waals surface area contributed by atoms with E-state index in [2.05, 4.69) is 46.3 Å². The summed E-state index contributed by atoms with van der Waals surface area (Å²) < 4.78 is 12.0. The van der Waals surface area contributed by atoms with Gasteiger partial charge in [-0.3, -0.25) is 9.59 Å². The molecule has 0 aliphatic carbocycles. The molecule has 2 aromatic rings. The second-order valence-corrected chi connectivity index (χ2v) is 11.6. The molecule has 0 radical (unpaired) electrons. The topological polar surface area (TPSA) is 112 Å². The van der Waals surface area contributed by atoms with E-state index >= 15 is 0 Å². The molecule has 0 spiro atoms. The number of aromatic nitrogens is 2. The number of benzene rings is 1. The minimum absolute atomic E-state index is 0.0261. The molecule has 3 aliphatic heterocycles. The van der Waals surface area contributed by atoms with Crippen LogP contribution < -0.4 is 25.2 Å². The van der Waals surface area contributed by atoms with E-state index in [4.69, 9.17) is 14.5 Å². The van der Waals surface area contributed by atoms with E-state index in [1.165, 1.54) is 0 Å². The molecule has 2 unspecified atom stereocenters. The Balaban J connectivity index is 1.40. The molecule has 3 aliphatic rings. The number of nitrogens with zero attached hydrogens (tertiary/aromatic N) is 5. The van der Waals surface area contributed by atoms with Crippen molar-refractivity contribution in [2.24, 2.45) is 0 Å². The molecule has 2 atom stereocenters. The lowest BCUT2D eigenvalue weighted by Crippen LogP contribution is -2.54. The van der Waals surface area contributed by atoms with Crippen molar-refractivity contribution in [1.29, 1.82) is 0 Å². The van der Waals surface area contributed by atoms with Crippen molar-refractivity contribution in [3.63, 3.8) is 0 Å². The van der Waals surface area contributed by atoms with Crippen molar-refractivity contribution in [2.45, 2.75) is 77.1 Å². The van der Waals surface area contributed by atoms with Gasteiger partial charge in [0.25, 0.3) is 5.91 Å². The number of anilines is 4. The van der Waals surface area contributed by atoms with E-state index in [1.54, 1.807) is 30.3 Å². The molecule has 1 aromatic heterocycles. The van der Waals surface area contributed by atoms with Gasteiger partial charge in [-0.2, -0.15) is 4.98 Å². The molecular formula is C30H43N7O4. The van der Waals surface area contributed by atoms with Crippen LogP contribution in [-0.2, 0) is 9.53 Å². The molecule has 11 nitrogen and oxygen atoms in total. The van der Waals surface area contributed by atoms with Gasteiger partial charge in [0.2, 0.25) is 11.9 Å². The van der Waals surface area contributed by atoms with Crippen molar-refractivity contribution < 1.29 is 19.1 Å². The van der Waals surface area contributed by atoms with Gasteiger partial charge < -0.3 is 34.8 Å². The number of hydrogen-bond acceptors (Lipinski definition) is 9. The normalized spacial score (nSPS) is 21.8. The van der Waals surface area contributed by atoms with Gasteiger partial charge >= 0.3 is 0 Å². The zero-order valence-corrected chi connectivity index (χ0v) is 24.9.